The molecule has 0 bridgehead atoms. The van der Waals surface area contributed by atoms with Crippen molar-refractivity contribution < 1.29 is 13.0 Å². The third-order valence-corrected chi connectivity index (χ3v) is 3.86. The summed E-state index contributed by atoms with van der Waals surface area (Å²) < 4.78 is 31.2. The molecule has 0 fully saturated rings. The van der Waals surface area contributed by atoms with E-state index in [1.54, 1.807) is 6.07 Å². The van der Waals surface area contributed by atoms with Crippen LogP contribution in [0.25, 0.3) is 21.5 Å². The van der Waals surface area contributed by atoms with Crippen LogP contribution in [0.2, 0.25) is 0 Å². The molecular formula is C14H10BaO3S+2. The van der Waals surface area contributed by atoms with Crippen molar-refractivity contribution >= 4 is 80.5 Å². The maximum atomic E-state index is 11.1. The standard InChI is InChI=1S/C14H10O3S.Ba/c15-18(16,17)12-7-8-14-11(9-12)6-5-10-3-1-2-4-13(10)14;/h1-9H,(H,15,16,17);/q;+2. The summed E-state index contributed by atoms with van der Waals surface area (Å²) in [5, 5.41) is 3.94. The fourth-order valence-electron chi connectivity index (χ4n) is 2.15. The molecule has 0 unspecified atom stereocenters. The van der Waals surface area contributed by atoms with E-state index in [4.69, 9.17) is 4.55 Å². The van der Waals surface area contributed by atoms with E-state index in [9.17, 15) is 8.42 Å². The van der Waals surface area contributed by atoms with Gasteiger partial charge in [0.05, 0.1) is 4.90 Å². The van der Waals surface area contributed by atoms with Gasteiger partial charge in [-0.15, -0.1) is 0 Å². The fourth-order valence-corrected chi connectivity index (χ4v) is 2.67. The van der Waals surface area contributed by atoms with Gasteiger partial charge in [-0.3, -0.25) is 4.55 Å². The Morgan fingerprint density at radius 1 is 0.789 bits per heavy atom. The number of rotatable bonds is 1. The first-order valence-corrected chi connectivity index (χ1v) is 6.89. The van der Waals surface area contributed by atoms with Gasteiger partial charge in [0.2, 0.25) is 0 Å². The van der Waals surface area contributed by atoms with Crippen molar-refractivity contribution in [2.75, 3.05) is 0 Å². The molecule has 3 aromatic rings. The van der Waals surface area contributed by atoms with Crippen molar-refractivity contribution in [1.82, 2.24) is 0 Å². The molecule has 3 rings (SSSR count). The molecule has 0 aliphatic heterocycles. The first-order chi connectivity index (χ1) is 8.55. The summed E-state index contributed by atoms with van der Waals surface area (Å²) in [5.41, 5.74) is 0. The normalized spacial score (nSPS) is 11.4. The van der Waals surface area contributed by atoms with E-state index in [0.29, 0.717) is 0 Å². The molecule has 1 N–H and O–H groups in total. The minimum atomic E-state index is -4.15. The zero-order chi connectivity index (χ0) is 12.8. The zero-order valence-corrected chi connectivity index (χ0v) is 15.3. The zero-order valence-electron chi connectivity index (χ0n) is 10.1. The van der Waals surface area contributed by atoms with E-state index in [-0.39, 0.29) is 53.8 Å². The molecular weight excluding hydrogens is 386 g/mol. The second kappa shape index (κ2) is 5.57. The molecule has 3 nitrogen and oxygen atoms in total. The number of hydrogen-bond acceptors (Lipinski definition) is 2. The van der Waals surface area contributed by atoms with Crippen LogP contribution >= 0.6 is 0 Å². The summed E-state index contributed by atoms with van der Waals surface area (Å²) in [7, 11) is -4.15. The van der Waals surface area contributed by atoms with Crippen LogP contribution in [-0.2, 0) is 10.1 Å². The quantitative estimate of drug-likeness (QED) is 0.392. The Balaban J connectivity index is 0.00000133. The largest absolute Gasteiger partial charge is 2.00 e. The van der Waals surface area contributed by atoms with Gasteiger partial charge in [-0.2, -0.15) is 8.42 Å². The van der Waals surface area contributed by atoms with Crippen molar-refractivity contribution in [3.63, 3.8) is 0 Å². The van der Waals surface area contributed by atoms with Crippen LogP contribution in [0.5, 0.6) is 0 Å². The smallest absolute Gasteiger partial charge is 0.282 e. The Morgan fingerprint density at radius 3 is 2.16 bits per heavy atom. The fraction of sp³-hybridized carbons (Fsp3) is 0. The van der Waals surface area contributed by atoms with Gasteiger partial charge in [0, 0.05) is 0 Å². The molecule has 0 spiro atoms. The topological polar surface area (TPSA) is 54.4 Å². The predicted molar refractivity (Wildman–Crippen MR) is 77.0 cm³/mol. The van der Waals surface area contributed by atoms with Crippen LogP contribution in [0.1, 0.15) is 0 Å². The van der Waals surface area contributed by atoms with E-state index in [1.165, 1.54) is 12.1 Å². The molecule has 0 heterocycles. The Bertz CT molecular complexity index is 857. The van der Waals surface area contributed by atoms with Crippen LogP contribution in [0.4, 0.5) is 0 Å². The number of benzene rings is 3. The second-order valence-electron chi connectivity index (χ2n) is 4.14. The third-order valence-electron chi connectivity index (χ3n) is 3.01. The minimum Gasteiger partial charge on any atom is -0.282 e. The Morgan fingerprint density at radius 2 is 1.42 bits per heavy atom. The molecule has 19 heavy (non-hydrogen) atoms. The minimum absolute atomic E-state index is 0. The van der Waals surface area contributed by atoms with Gasteiger partial charge < -0.3 is 0 Å². The molecule has 3 aromatic carbocycles. The molecule has 0 aromatic heterocycles. The molecule has 90 valence electrons. The van der Waals surface area contributed by atoms with Crippen LogP contribution in [-0.4, -0.2) is 61.9 Å². The molecule has 0 amide bonds. The summed E-state index contributed by atoms with van der Waals surface area (Å²) in [4.78, 5) is -0.0784. The molecule has 0 radical (unpaired) electrons. The van der Waals surface area contributed by atoms with E-state index in [1.807, 2.05) is 36.4 Å². The summed E-state index contributed by atoms with van der Waals surface area (Å²) in [5.74, 6) is 0. The Kier molecular flexibility index (Phi) is 4.42. The Hall–Kier alpha value is -0.339. The summed E-state index contributed by atoms with van der Waals surface area (Å²) in [6.07, 6.45) is 0. The monoisotopic (exact) mass is 396 g/mol. The first kappa shape index (κ1) is 15.1. The van der Waals surface area contributed by atoms with E-state index in [2.05, 4.69) is 0 Å². The van der Waals surface area contributed by atoms with E-state index >= 15 is 0 Å². The molecule has 0 saturated heterocycles. The maximum absolute atomic E-state index is 11.1. The summed E-state index contributed by atoms with van der Waals surface area (Å²) in [6.45, 7) is 0. The Labute approximate surface area is 151 Å². The van der Waals surface area contributed by atoms with Crippen molar-refractivity contribution in [1.29, 1.82) is 0 Å². The molecule has 0 aliphatic carbocycles. The molecule has 5 heteroatoms. The van der Waals surface area contributed by atoms with Crippen LogP contribution in [0.15, 0.2) is 59.5 Å². The number of fused-ring (bicyclic) bond motifs is 3. The SMILES string of the molecule is O=S(=O)(O)c1ccc2c(ccc3ccccc32)c1.[Ba+2]. The van der Waals surface area contributed by atoms with Crippen molar-refractivity contribution in [2.45, 2.75) is 4.90 Å². The van der Waals surface area contributed by atoms with Gasteiger partial charge in [-0.1, -0.05) is 42.5 Å². The van der Waals surface area contributed by atoms with E-state index < -0.39 is 10.1 Å². The summed E-state index contributed by atoms with van der Waals surface area (Å²) in [6, 6.07) is 16.3. The third kappa shape index (κ3) is 2.90. The molecule has 0 atom stereocenters. The van der Waals surface area contributed by atoms with Crippen molar-refractivity contribution in [3.05, 3.63) is 54.6 Å². The van der Waals surface area contributed by atoms with Crippen molar-refractivity contribution in [3.8, 4) is 0 Å². The molecule has 0 saturated carbocycles. The van der Waals surface area contributed by atoms with Gasteiger partial charge in [0.25, 0.3) is 10.1 Å². The van der Waals surface area contributed by atoms with Crippen LogP contribution < -0.4 is 0 Å². The van der Waals surface area contributed by atoms with Crippen LogP contribution in [0, 0.1) is 0 Å². The van der Waals surface area contributed by atoms with Gasteiger partial charge in [-0.05, 0) is 33.7 Å². The van der Waals surface area contributed by atoms with Gasteiger partial charge in [0.1, 0.15) is 0 Å². The predicted octanol–water partition coefficient (Wildman–Crippen LogP) is 2.86. The van der Waals surface area contributed by atoms with Crippen molar-refractivity contribution in [2.24, 2.45) is 0 Å². The summed E-state index contributed by atoms with van der Waals surface area (Å²) >= 11 is 0. The first-order valence-electron chi connectivity index (χ1n) is 5.45. The number of hydrogen-bond donors (Lipinski definition) is 1. The average Bonchev–Trinajstić information content (AvgIpc) is 2.37. The van der Waals surface area contributed by atoms with Gasteiger partial charge in [-0.25, -0.2) is 0 Å². The van der Waals surface area contributed by atoms with E-state index in [0.717, 1.165) is 21.5 Å². The second-order valence-corrected chi connectivity index (χ2v) is 5.57. The average molecular weight is 396 g/mol. The van der Waals surface area contributed by atoms with Crippen LogP contribution in [0.3, 0.4) is 0 Å². The maximum Gasteiger partial charge on any atom is 2.00 e. The van der Waals surface area contributed by atoms with Gasteiger partial charge in [0.15, 0.2) is 0 Å². The molecule has 0 aliphatic rings. The van der Waals surface area contributed by atoms with Gasteiger partial charge >= 0.3 is 48.9 Å².